The number of ether oxygens (including phenoxy) is 1. The number of allylic oxidation sites excluding steroid dienone is 1. The van der Waals surface area contributed by atoms with Crippen LogP contribution in [0.2, 0.25) is 0 Å². The largest absolute Gasteiger partial charge is 0.469 e. The van der Waals surface area contributed by atoms with Gasteiger partial charge in [-0.25, -0.2) is 0 Å². The van der Waals surface area contributed by atoms with Gasteiger partial charge in [-0.05, 0) is 12.2 Å². The molecule has 0 spiro atoms. The van der Waals surface area contributed by atoms with Gasteiger partial charge in [-0.1, -0.05) is 0 Å². The topological polar surface area (TPSA) is 85.2 Å². The van der Waals surface area contributed by atoms with Crippen LogP contribution < -0.4 is 0 Å². The maximum absolute atomic E-state index is 11.8. The van der Waals surface area contributed by atoms with Crippen molar-refractivity contribution in [3.63, 3.8) is 0 Å². The van der Waals surface area contributed by atoms with Gasteiger partial charge in [0, 0.05) is 28.7 Å². The molecule has 0 N–H and O–H groups in total. The average molecular weight is 216 g/mol. The summed E-state index contributed by atoms with van der Waals surface area (Å²) >= 11 is 0. The number of hydrogen-bond acceptors (Lipinski definition) is 5. The van der Waals surface area contributed by atoms with Crippen molar-refractivity contribution in [2.75, 3.05) is 0 Å². The van der Waals surface area contributed by atoms with Crippen LogP contribution in [-0.2, 0) is 14.3 Å². The van der Waals surface area contributed by atoms with E-state index in [0.717, 1.165) is 0 Å². The first kappa shape index (κ1) is 8.90. The van der Waals surface area contributed by atoms with E-state index in [-0.39, 0.29) is 0 Å². The second-order valence-electron chi connectivity index (χ2n) is 3.50. The van der Waals surface area contributed by atoms with Gasteiger partial charge in [0.25, 0.3) is 5.78 Å². The Labute approximate surface area is 89.0 Å². The Hall–Kier alpha value is -2.37. The van der Waals surface area contributed by atoms with Crippen LogP contribution in [0.5, 0.6) is 0 Å². The predicted octanol–water partition coefficient (Wildman–Crippen LogP) is 0.410. The molecule has 3 rings (SSSR count). The smallest absolute Gasteiger partial charge is 0.357 e. The molecule has 3 aliphatic rings. The SMILES string of the molecule is O=NC(=O)C(=O)C12C=CC(=C3C=NC=C31)O2. The summed E-state index contributed by atoms with van der Waals surface area (Å²) in [5.41, 5.74) is -0.340. The number of Topliss-reactive ketones (excluding diaryl/α,β-unsaturated/α-hetero) is 1. The number of carbonyl (C=O) groups is 2. The minimum Gasteiger partial charge on any atom is -0.469 e. The lowest BCUT2D eigenvalue weighted by Gasteiger charge is -2.20. The number of nitrogens with zero attached hydrogens (tertiary/aromatic N) is 2. The van der Waals surface area contributed by atoms with Gasteiger partial charge in [0.2, 0.25) is 5.60 Å². The number of rotatable bonds is 2. The average Bonchev–Trinajstić information content (AvgIpc) is 2.97. The van der Waals surface area contributed by atoms with Crippen LogP contribution in [0.3, 0.4) is 0 Å². The van der Waals surface area contributed by atoms with Crippen molar-refractivity contribution < 1.29 is 14.3 Å². The molecule has 0 aromatic heterocycles. The van der Waals surface area contributed by atoms with Crippen LogP contribution in [-0.4, -0.2) is 23.5 Å². The van der Waals surface area contributed by atoms with Crippen molar-refractivity contribution in [3.05, 3.63) is 40.2 Å². The van der Waals surface area contributed by atoms with E-state index in [1.54, 1.807) is 12.3 Å². The van der Waals surface area contributed by atoms with E-state index in [1.165, 1.54) is 12.3 Å². The standard InChI is InChI=1S/C10H4N2O4/c13-8(9(14)12-15)10-2-1-7(16-10)5-3-11-4-6(5)10/h1-4H. The van der Waals surface area contributed by atoms with Gasteiger partial charge in [-0.15, -0.1) is 4.91 Å². The highest BCUT2D eigenvalue weighted by atomic mass is 16.5. The number of hydrogen-bond donors (Lipinski definition) is 0. The Bertz CT molecular complexity index is 567. The zero-order chi connectivity index (χ0) is 11.3. The fraction of sp³-hybridized carbons (Fsp3) is 0.100. The minimum absolute atomic E-state index is 0.486. The first-order valence-electron chi connectivity index (χ1n) is 4.48. The summed E-state index contributed by atoms with van der Waals surface area (Å²) in [4.78, 5) is 36.8. The van der Waals surface area contributed by atoms with E-state index in [9.17, 15) is 14.5 Å². The first-order valence-corrected chi connectivity index (χ1v) is 4.48. The van der Waals surface area contributed by atoms with Crippen LogP contribution in [0.25, 0.3) is 0 Å². The molecule has 1 atom stereocenters. The molecule has 1 unspecified atom stereocenters. The molecule has 0 aromatic rings. The van der Waals surface area contributed by atoms with E-state index in [2.05, 4.69) is 10.2 Å². The quantitative estimate of drug-likeness (QED) is 0.494. The maximum Gasteiger partial charge on any atom is 0.357 e. The monoisotopic (exact) mass is 216 g/mol. The number of carbonyl (C=O) groups excluding carboxylic acids is 2. The molecule has 0 aromatic carbocycles. The van der Waals surface area contributed by atoms with E-state index in [4.69, 9.17) is 4.74 Å². The summed E-state index contributed by atoms with van der Waals surface area (Å²) in [5.74, 6) is -1.85. The van der Waals surface area contributed by atoms with Crippen molar-refractivity contribution in [1.29, 1.82) is 0 Å². The summed E-state index contributed by atoms with van der Waals surface area (Å²) in [6, 6.07) is 0. The Morgan fingerprint density at radius 2 is 2.25 bits per heavy atom. The predicted molar refractivity (Wildman–Crippen MR) is 52.4 cm³/mol. The molecule has 6 nitrogen and oxygen atoms in total. The number of nitroso groups, excluding NO2 is 1. The molecule has 3 heterocycles. The van der Waals surface area contributed by atoms with Crippen LogP contribution >= 0.6 is 0 Å². The summed E-state index contributed by atoms with van der Waals surface area (Å²) in [7, 11) is 0. The lowest BCUT2D eigenvalue weighted by atomic mass is 9.85. The van der Waals surface area contributed by atoms with Crippen LogP contribution in [0.15, 0.2) is 45.4 Å². The lowest BCUT2D eigenvalue weighted by Crippen LogP contribution is -2.41. The van der Waals surface area contributed by atoms with Crippen molar-refractivity contribution in [2.24, 2.45) is 10.2 Å². The second kappa shape index (κ2) is 2.60. The highest BCUT2D eigenvalue weighted by Gasteiger charge is 2.55. The van der Waals surface area contributed by atoms with Gasteiger partial charge >= 0.3 is 5.91 Å². The van der Waals surface area contributed by atoms with Gasteiger partial charge in [0.15, 0.2) is 0 Å². The summed E-state index contributed by atoms with van der Waals surface area (Å²) in [5, 5.41) is 2.12. The fourth-order valence-corrected chi connectivity index (χ4v) is 1.99. The summed E-state index contributed by atoms with van der Waals surface area (Å²) < 4.78 is 5.35. The lowest BCUT2D eigenvalue weighted by molar-refractivity contribution is -0.142. The molecule has 78 valence electrons. The summed E-state index contributed by atoms with van der Waals surface area (Å²) in [6.07, 6.45) is 6.02. The van der Waals surface area contributed by atoms with Gasteiger partial charge < -0.3 is 4.74 Å². The highest BCUT2D eigenvalue weighted by Crippen LogP contribution is 2.47. The van der Waals surface area contributed by atoms with Crippen molar-refractivity contribution in [1.82, 2.24) is 0 Å². The van der Waals surface area contributed by atoms with Crippen LogP contribution in [0, 0.1) is 4.91 Å². The van der Waals surface area contributed by atoms with Gasteiger partial charge in [0.05, 0.1) is 0 Å². The van der Waals surface area contributed by atoms with E-state index >= 15 is 0 Å². The van der Waals surface area contributed by atoms with Crippen molar-refractivity contribution in [2.45, 2.75) is 5.60 Å². The Balaban J connectivity index is 2.11. The number of fused-ring (bicyclic) bond motifs is 4. The third kappa shape index (κ3) is 0.796. The minimum atomic E-state index is -1.51. The molecule has 0 radical (unpaired) electrons. The van der Waals surface area contributed by atoms with E-state index in [1.807, 2.05) is 0 Å². The third-order valence-electron chi connectivity index (χ3n) is 2.72. The zero-order valence-corrected chi connectivity index (χ0v) is 7.84. The number of aliphatic imine (C=N–C) groups is 1. The van der Waals surface area contributed by atoms with Crippen molar-refractivity contribution in [3.8, 4) is 0 Å². The molecule has 3 aliphatic heterocycles. The molecule has 6 heteroatoms. The summed E-state index contributed by atoms with van der Waals surface area (Å²) in [6.45, 7) is 0. The molecule has 2 bridgehead atoms. The van der Waals surface area contributed by atoms with Crippen LogP contribution in [0.1, 0.15) is 0 Å². The molecular weight excluding hydrogens is 212 g/mol. The van der Waals surface area contributed by atoms with E-state index in [0.29, 0.717) is 16.9 Å². The van der Waals surface area contributed by atoms with Crippen molar-refractivity contribution >= 4 is 17.9 Å². The van der Waals surface area contributed by atoms with Gasteiger partial charge in [0.1, 0.15) is 5.76 Å². The molecule has 0 saturated carbocycles. The molecule has 0 saturated heterocycles. The Kier molecular flexibility index (Phi) is 1.45. The molecule has 16 heavy (non-hydrogen) atoms. The second-order valence-corrected chi connectivity index (χ2v) is 3.50. The number of ketones is 1. The van der Waals surface area contributed by atoms with Crippen LogP contribution in [0.4, 0.5) is 0 Å². The Morgan fingerprint density at radius 3 is 3.00 bits per heavy atom. The fourth-order valence-electron chi connectivity index (χ4n) is 1.99. The number of amides is 1. The first-order chi connectivity index (χ1) is 7.69. The maximum atomic E-state index is 11.8. The molecule has 0 aliphatic carbocycles. The molecule has 1 amide bonds. The van der Waals surface area contributed by atoms with Gasteiger partial charge in [-0.2, -0.15) is 0 Å². The highest BCUT2D eigenvalue weighted by molar-refractivity contribution is 6.42. The zero-order valence-electron chi connectivity index (χ0n) is 7.84. The van der Waals surface area contributed by atoms with Gasteiger partial charge in [-0.3, -0.25) is 14.6 Å². The molecular formula is C10H4N2O4. The normalized spacial score (nSPS) is 27.9. The molecule has 0 fully saturated rings. The van der Waals surface area contributed by atoms with E-state index < -0.39 is 17.3 Å². The third-order valence-corrected chi connectivity index (χ3v) is 2.72. The Morgan fingerprint density at radius 1 is 1.44 bits per heavy atom.